The standard InChI is InChI=1S/C12H14F4O2/c1-4-6-9(13)8(3)10(17)7-18-11(5-2)12(14,15)16/h5-6,11H,2-4,7H2,1H3. The van der Waals surface area contributed by atoms with Crippen LogP contribution < -0.4 is 0 Å². The number of Topliss-reactive ketones (excluding diaryl/α,β-unsaturated/α-hetero) is 1. The summed E-state index contributed by atoms with van der Waals surface area (Å²) in [7, 11) is 0. The van der Waals surface area contributed by atoms with Gasteiger partial charge >= 0.3 is 6.18 Å². The number of hydrogen-bond acceptors (Lipinski definition) is 2. The van der Waals surface area contributed by atoms with Crippen molar-refractivity contribution in [3.8, 4) is 0 Å². The van der Waals surface area contributed by atoms with Gasteiger partial charge < -0.3 is 4.74 Å². The van der Waals surface area contributed by atoms with Crippen molar-refractivity contribution in [1.82, 2.24) is 0 Å². The Morgan fingerprint density at radius 2 is 2.00 bits per heavy atom. The van der Waals surface area contributed by atoms with Crippen molar-refractivity contribution in [2.24, 2.45) is 0 Å². The summed E-state index contributed by atoms with van der Waals surface area (Å²) in [4.78, 5) is 11.3. The maximum absolute atomic E-state index is 13.1. The van der Waals surface area contributed by atoms with Crippen molar-refractivity contribution in [2.75, 3.05) is 6.61 Å². The number of carbonyl (C=O) groups is 1. The molecule has 0 rings (SSSR count). The number of ether oxygens (including phenoxy) is 1. The highest BCUT2D eigenvalue weighted by Crippen LogP contribution is 2.24. The lowest BCUT2D eigenvalue weighted by atomic mass is 10.1. The Hall–Kier alpha value is -1.43. The maximum Gasteiger partial charge on any atom is 0.418 e. The zero-order chi connectivity index (χ0) is 14.3. The number of halogens is 4. The second-order valence-electron chi connectivity index (χ2n) is 3.37. The van der Waals surface area contributed by atoms with Crippen molar-refractivity contribution >= 4 is 5.78 Å². The number of allylic oxidation sites excluding steroid dienone is 2. The first-order chi connectivity index (χ1) is 8.23. The molecule has 1 atom stereocenters. The second kappa shape index (κ2) is 7.10. The second-order valence-corrected chi connectivity index (χ2v) is 3.37. The van der Waals surface area contributed by atoms with Gasteiger partial charge in [-0.3, -0.25) is 4.79 Å². The van der Waals surface area contributed by atoms with E-state index < -0.39 is 36.1 Å². The quantitative estimate of drug-likeness (QED) is 0.305. The van der Waals surface area contributed by atoms with Crippen LogP contribution in [0.5, 0.6) is 0 Å². The molecular weight excluding hydrogens is 252 g/mol. The monoisotopic (exact) mass is 266 g/mol. The Morgan fingerprint density at radius 1 is 1.44 bits per heavy atom. The summed E-state index contributed by atoms with van der Waals surface area (Å²) in [6, 6.07) is 0. The summed E-state index contributed by atoms with van der Waals surface area (Å²) in [6.07, 6.45) is -4.94. The molecule has 0 heterocycles. The number of ketones is 1. The van der Waals surface area contributed by atoms with Crippen LogP contribution in [0.1, 0.15) is 13.3 Å². The summed E-state index contributed by atoms with van der Waals surface area (Å²) < 4.78 is 54.2. The molecule has 0 N–H and O–H groups in total. The number of carbonyl (C=O) groups excluding carboxylic acids is 1. The average Bonchev–Trinajstić information content (AvgIpc) is 2.27. The fraction of sp³-hybridized carbons (Fsp3) is 0.417. The van der Waals surface area contributed by atoms with Crippen molar-refractivity contribution in [1.29, 1.82) is 0 Å². The molecule has 0 amide bonds. The molecule has 1 unspecified atom stereocenters. The predicted molar refractivity (Wildman–Crippen MR) is 59.6 cm³/mol. The Labute approximate surface area is 103 Å². The zero-order valence-electron chi connectivity index (χ0n) is 9.89. The summed E-state index contributed by atoms with van der Waals surface area (Å²) in [5.41, 5.74) is -0.498. The van der Waals surface area contributed by atoms with Gasteiger partial charge in [0.1, 0.15) is 12.4 Å². The molecule has 0 aliphatic carbocycles. The molecule has 0 aliphatic heterocycles. The fourth-order valence-electron chi connectivity index (χ4n) is 0.984. The van der Waals surface area contributed by atoms with E-state index in [1.165, 1.54) is 0 Å². The van der Waals surface area contributed by atoms with Gasteiger partial charge in [0.25, 0.3) is 0 Å². The van der Waals surface area contributed by atoms with Gasteiger partial charge in [-0.2, -0.15) is 13.2 Å². The van der Waals surface area contributed by atoms with Crippen molar-refractivity contribution in [2.45, 2.75) is 25.6 Å². The molecule has 0 aromatic heterocycles. The minimum Gasteiger partial charge on any atom is -0.357 e. The molecule has 0 aromatic rings. The highest BCUT2D eigenvalue weighted by molar-refractivity contribution is 5.99. The Kier molecular flexibility index (Phi) is 6.54. The SMILES string of the molecule is C=CC(OCC(=O)C(=C)C(F)=CCC)C(F)(F)F. The largest absolute Gasteiger partial charge is 0.418 e. The molecule has 6 heteroatoms. The maximum atomic E-state index is 13.1. The van der Waals surface area contributed by atoms with Gasteiger partial charge in [0.15, 0.2) is 11.9 Å². The van der Waals surface area contributed by atoms with Gasteiger partial charge in [0, 0.05) is 5.57 Å². The van der Waals surface area contributed by atoms with Crippen LogP contribution in [0.4, 0.5) is 17.6 Å². The Morgan fingerprint density at radius 3 is 2.39 bits per heavy atom. The smallest absolute Gasteiger partial charge is 0.357 e. The van der Waals surface area contributed by atoms with E-state index in [4.69, 9.17) is 0 Å². The van der Waals surface area contributed by atoms with Crippen molar-refractivity contribution in [3.63, 3.8) is 0 Å². The van der Waals surface area contributed by atoms with Gasteiger partial charge in [-0.15, -0.1) is 6.58 Å². The van der Waals surface area contributed by atoms with E-state index in [1.54, 1.807) is 6.92 Å². The molecule has 0 aromatic carbocycles. The first-order valence-electron chi connectivity index (χ1n) is 5.13. The highest BCUT2D eigenvalue weighted by atomic mass is 19.4. The first-order valence-corrected chi connectivity index (χ1v) is 5.13. The van der Waals surface area contributed by atoms with E-state index in [9.17, 15) is 22.4 Å². The number of hydrogen-bond donors (Lipinski definition) is 0. The third-order valence-corrected chi connectivity index (χ3v) is 1.94. The molecule has 0 radical (unpaired) electrons. The molecular formula is C12H14F4O2. The van der Waals surface area contributed by atoms with Crippen LogP contribution in [0.2, 0.25) is 0 Å². The summed E-state index contributed by atoms with van der Waals surface area (Å²) in [6.45, 7) is 6.85. The van der Waals surface area contributed by atoms with Crippen LogP contribution in [-0.2, 0) is 9.53 Å². The molecule has 0 spiro atoms. The van der Waals surface area contributed by atoms with Crippen LogP contribution in [0.3, 0.4) is 0 Å². The summed E-state index contributed by atoms with van der Waals surface area (Å²) in [5, 5.41) is 0. The van der Waals surface area contributed by atoms with Crippen molar-refractivity contribution in [3.05, 3.63) is 36.7 Å². The molecule has 2 nitrogen and oxygen atoms in total. The first kappa shape index (κ1) is 16.6. The molecule has 18 heavy (non-hydrogen) atoms. The van der Waals surface area contributed by atoms with Crippen LogP contribution in [-0.4, -0.2) is 24.7 Å². The van der Waals surface area contributed by atoms with E-state index in [1.807, 2.05) is 0 Å². The minimum atomic E-state index is -4.65. The lowest BCUT2D eigenvalue weighted by molar-refractivity contribution is -0.203. The van der Waals surface area contributed by atoms with E-state index in [0.717, 1.165) is 6.08 Å². The van der Waals surface area contributed by atoms with Gasteiger partial charge in [0.2, 0.25) is 0 Å². The lowest BCUT2D eigenvalue weighted by Crippen LogP contribution is -2.31. The van der Waals surface area contributed by atoms with Crippen molar-refractivity contribution < 1.29 is 27.1 Å². The number of rotatable bonds is 7. The van der Waals surface area contributed by atoms with Crippen LogP contribution in [0.25, 0.3) is 0 Å². The average molecular weight is 266 g/mol. The molecule has 0 saturated carbocycles. The van der Waals surface area contributed by atoms with Crippen LogP contribution in [0.15, 0.2) is 36.7 Å². The summed E-state index contributed by atoms with van der Waals surface area (Å²) in [5.74, 6) is -1.79. The molecule has 0 aliphatic rings. The summed E-state index contributed by atoms with van der Waals surface area (Å²) >= 11 is 0. The third-order valence-electron chi connectivity index (χ3n) is 1.94. The fourth-order valence-corrected chi connectivity index (χ4v) is 0.984. The van der Waals surface area contributed by atoms with Crippen LogP contribution >= 0.6 is 0 Å². The van der Waals surface area contributed by atoms with Gasteiger partial charge in [-0.25, -0.2) is 4.39 Å². The molecule has 102 valence electrons. The molecule has 0 bridgehead atoms. The van der Waals surface area contributed by atoms with E-state index in [0.29, 0.717) is 12.5 Å². The third kappa shape index (κ3) is 5.27. The molecule has 0 fully saturated rings. The van der Waals surface area contributed by atoms with E-state index in [-0.39, 0.29) is 0 Å². The van der Waals surface area contributed by atoms with Gasteiger partial charge in [-0.1, -0.05) is 19.6 Å². The van der Waals surface area contributed by atoms with Crippen LogP contribution in [0, 0.1) is 0 Å². The Bertz CT molecular complexity index is 356. The highest BCUT2D eigenvalue weighted by Gasteiger charge is 2.38. The van der Waals surface area contributed by atoms with Gasteiger partial charge in [-0.05, 0) is 12.5 Å². The zero-order valence-corrected chi connectivity index (χ0v) is 9.89. The van der Waals surface area contributed by atoms with E-state index >= 15 is 0 Å². The van der Waals surface area contributed by atoms with Gasteiger partial charge in [0.05, 0.1) is 0 Å². The lowest BCUT2D eigenvalue weighted by Gasteiger charge is -2.16. The molecule has 0 saturated heterocycles. The number of alkyl halides is 3. The predicted octanol–water partition coefficient (Wildman–Crippen LogP) is 3.51. The normalized spacial score (nSPS) is 14.2. The van der Waals surface area contributed by atoms with E-state index in [2.05, 4.69) is 17.9 Å². The Balaban J connectivity index is 4.47. The topological polar surface area (TPSA) is 26.3 Å². The minimum absolute atomic E-state index is 0.344.